The standard InChI is InChI=1S/C26H30F3N5O4/c1-38-21-7-3-6-20(15-21)33-12-10-32(11-13-33)17-24(36)34-9-8-30-25(37)22(34)16-23(35)31-19-5-2-4-18(14-19)26(27,28)29/h2-7,14-15,22H,8-13,16-17H2,1H3,(H,30,37)(H,31,35)/t22-/m0/s1. The van der Waals surface area contributed by atoms with Gasteiger partial charge in [0.15, 0.2) is 0 Å². The van der Waals surface area contributed by atoms with E-state index in [-0.39, 0.29) is 37.6 Å². The predicted molar refractivity (Wildman–Crippen MR) is 135 cm³/mol. The fourth-order valence-corrected chi connectivity index (χ4v) is 4.63. The van der Waals surface area contributed by atoms with Crippen LogP contribution in [0, 0.1) is 0 Å². The molecule has 0 spiro atoms. The van der Waals surface area contributed by atoms with E-state index in [9.17, 15) is 27.6 Å². The highest BCUT2D eigenvalue weighted by atomic mass is 19.4. The minimum atomic E-state index is -4.55. The maximum atomic E-state index is 13.2. The Balaban J connectivity index is 1.33. The Hall–Kier alpha value is -3.80. The highest BCUT2D eigenvalue weighted by molar-refractivity contribution is 5.97. The molecule has 2 aliphatic rings. The van der Waals surface area contributed by atoms with E-state index in [0.717, 1.165) is 23.6 Å². The average molecular weight is 534 g/mol. The number of nitrogens with zero attached hydrogens (tertiary/aromatic N) is 3. The van der Waals surface area contributed by atoms with Gasteiger partial charge < -0.3 is 25.2 Å². The molecule has 38 heavy (non-hydrogen) atoms. The van der Waals surface area contributed by atoms with Crippen LogP contribution in [0.4, 0.5) is 24.5 Å². The smallest absolute Gasteiger partial charge is 0.416 e. The minimum absolute atomic E-state index is 0.0344. The zero-order valence-electron chi connectivity index (χ0n) is 21.0. The second-order valence-corrected chi connectivity index (χ2v) is 9.19. The number of benzene rings is 2. The molecule has 9 nitrogen and oxygen atoms in total. The van der Waals surface area contributed by atoms with Crippen LogP contribution in [0.15, 0.2) is 48.5 Å². The summed E-state index contributed by atoms with van der Waals surface area (Å²) in [5.74, 6) is -0.624. The van der Waals surface area contributed by atoms with Crippen LogP contribution in [0.2, 0.25) is 0 Å². The lowest BCUT2D eigenvalue weighted by Crippen LogP contribution is -2.60. The molecule has 3 amide bonds. The second-order valence-electron chi connectivity index (χ2n) is 9.19. The quantitative estimate of drug-likeness (QED) is 0.567. The van der Waals surface area contributed by atoms with E-state index >= 15 is 0 Å². The molecule has 2 aliphatic heterocycles. The van der Waals surface area contributed by atoms with Gasteiger partial charge in [-0.3, -0.25) is 19.3 Å². The van der Waals surface area contributed by atoms with E-state index in [2.05, 4.69) is 15.5 Å². The third kappa shape index (κ3) is 6.74. The Bertz CT molecular complexity index is 1170. The number of amides is 3. The number of carbonyl (C=O) groups is 3. The molecule has 0 radical (unpaired) electrons. The molecule has 204 valence electrons. The summed E-state index contributed by atoms with van der Waals surface area (Å²) in [6.07, 6.45) is -4.91. The van der Waals surface area contributed by atoms with Gasteiger partial charge in [-0.15, -0.1) is 0 Å². The van der Waals surface area contributed by atoms with Crippen molar-refractivity contribution < 1.29 is 32.3 Å². The van der Waals surface area contributed by atoms with Crippen molar-refractivity contribution in [3.05, 3.63) is 54.1 Å². The molecule has 2 fully saturated rings. The van der Waals surface area contributed by atoms with Crippen LogP contribution in [0.25, 0.3) is 0 Å². The Morgan fingerprint density at radius 3 is 2.50 bits per heavy atom. The number of halogens is 3. The summed E-state index contributed by atoms with van der Waals surface area (Å²) in [6.45, 7) is 3.32. The highest BCUT2D eigenvalue weighted by Gasteiger charge is 2.36. The van der Waals surface area contributed by atoms with Crippen LogP contribution >= 0.6 is 0 Å². The molecular weight excluding hydrogens is 503 g/mol. The number of piperazine rings is 2. The monoisotopic (exact) mass is 533 g/mol. The Morgan fingerprint density at radius 2 is 1.79 bits per heavy atom. The lowest BCUT2D eigenvalue weighted by molar-refractivity contribution is -0.145. The highest BCUT2D eigenvalue weighted by Crippen LogP contribution is 2.30. The van der Waals surface area contributed by atoms with Crippen LogP contribution in [0.3, 0.4) is 0 Å². The molecular formula is C26H30F3N5O4. The van der Waals surface area contributed by atoms with Crippen molar-refractivity contribution in [1.82, 2.24) is 15.1 Å². The van der Waals surface area contributed by atoms with E-state index in [1.54, 1.807) is 7.11 Å². The van der Waals surface area contributed by atoms with Crippen LogP contribution in [-0.4, -0.2) is 86.5 Å². The summed E-state index contributed by atoms with van der Waals surface area (Å²) in [5, 5.41) is 5.07. The topological polar surface area (TPSA) is 94.2 Å². The number of nitrogens with one attached hydrogen (secondary N) is 2. The summed E-state index contributed by atoms with van der Waals surface area (Å²) < 4.78 is 44.2. The minimum Gasteiger partial charge on any atom is -0.497 e. The summed E-state index contributed by atoms with van der Waals surface area (Å²) in [7, 11) is 1.62. The maximum absolute atomic E-state index is 13.2. The van der Waals surface area contributed by atoms with Crippen molar-refractivity contribution in [3.63, 3.8) is 0 Å². The molecule has 0 aromatic heterocycles. The Morgan fingerprint density at radius 1 is 1.05 bits per heavy atom. The number of ether oxygens (including phenoxy) is 1. The summed E-state index contributed by atoms with van der Waals surface area (Å²) in [6, 6.07) is 11.0. The zero-order chi connectivity index (χ0) is 27.3. The van der Waals surface area contributed by atoms with Gasteiger partial charge in [0.2, 0.25) is 17.7 Å². The van der Waals surface area contributed by atoms with Crippen LogP contribution in [0.1, 0.15) is 12.0 Å². The largest absolute Gasteiger partial charge is 0.497 e. The van der Waals surface area contributed by atoms with E-state index in [0.29, 0.717) is 26.2 Å². The molecule has 4 rings (SSSR count). The van der Waals surface area contributed by atoms with Gasteiger partial charge in [0.05, 0.1) is 25.6 Å². The fraction of sp³-hybridized carbons (Fsp3) is 0.423. The average Bonchev–Trinajstić information content (AvgIpc) is 2.90. The SMILES string of the molecule is COc1cccc(N2CCN(CC(=O)N3CCNC(=O)[C@@H]3CC(=O)Nc3cccc(C(F)(F)F)c3)CC2)c1. The van der Waals surface area contributed by atoms with Gasteiger partial charge >= 0.3 is 6.18 Å². The first-order chi connectivity index (χ1) is 18.1. The number of hydrogen-bond acceptors (Lipinski definition) is 6. The summed E-state index contributed by atoms with van der Waals surface area (Å²) in [5.41, 5.74) is 0.108. The lowest BCUT2D eigenvalue weighted by Gasteiger charge is -2.39. The summed E-state index contributed by atoms with van der Waals surface area (Å²) >= 11 is 0. The van der Waals surface area contributed by atoms with E-state index in [4.69, 9.17) is 4.74 Å². The molecule has 0 unspecified atom stereocenters. The first-order valence-corrected chi connectivity index (χ1v) is 12.3. The van der Waals surface area contributed by atoms with E-state index < -0.39 is 29.6 Å². The van der Waals surface area contributed by atoms with E-state index in [1.807, 2.05) is 29.2 Å². The number of alkyl halides is 3. The van der Waals surface area contributed by atoms with Gasteiger partial charge in [-0.2, -0.15) is 13.2 Å². The zero-order valence-corrected chi connectivity index (χ0v) is 21.0. The lowest BCUT2D eigenvalue weighted by atomic mass is 10.1. The molecule has 2 saturated heterocycles. The molecule has 2 N–H and O–H groups in total. The fourth-order valence-electron chi connectivity index (χ4n) is 4.63. The Labute approximate surface area is 218 Å². The van der Waals surface area contributed by atoms with Crippen molar-refractivity contribution in [3.8, 4) is 5.75 Å². The maximum Gasteiger partial charge on any atom is 0.416 e. The van der Waals surface area contributed by atoms with Crippen LogP contribution in [0.5, 0.6) is 5.75 Å². The first kappa shape index (κ1) is 27.2. The van der Waals surface area contributed by atoms with Gasteiger partial charge in [0, 0.05) is 56.7 Å². The van der Waals surface area contributed by atoms with Gasteiger partial charge in [-0.05, 0) is 30.3 Å². The first-order valence-electron chi connectivity index (χ1n) is 12.3. The van der Waals surface area contributed by atoms with Crippen molar-refractivity contribution >= 4 is 29.1 Å². The number of rotatable bonds is 7. The molecule has 1 atom stereocenters. The van der Waals surface area contributed by atoms with E-state index in [1.165, 1.54) is 17.0 Å². The number of carbonyl (C=O) groups excluding carboxylic acids is 3. The van der Waals surface area contributed by atoms with Gasteiger partial charge in [0.1, 0.15) is 11.8 Å². The number of methoxy groups -OCH3 is 1. The van der Waals surface area contributed by atoms with Gasteiger partial charge in [-0.1, -0.05) is 12.1 Å². The normalized spacial score (nSPS) is 18.6. The van der Waals surface area contributed by atoms with Crippen molar-refractivity contribution in [2.75, 3.05) is 63.1 Å². The Kier molecular flexibility index (Phi) is 8.40. The van der Waals surface area contributed by atoms with Gasteiger partial charge in [0.25, 0.3) is 0 Å². The van der Waals surface area contributed by atoms with Crippen LogP contribution in [-0.2, 0) is 20.6 Å². The third-order valence-electron chi connectivity index (χ3n) is 6.65. The molecule has 2 aromatic rings. The van der Waals surface area contributed by atoms with Crippen molar-refractivity contribution in [1.29, 1.82) is 0 Å². The molecule has 0 saturated carbocycles. The second kappa shape index (κ2) is 11.7. The van der Waals surface area contributed by atoms with Gasteiger partial charge in [-0.25, -0.2) is 0 Å². The number of hydrogen-bond donors (Lipinski definition) is 2. The predicted octanol–water partition coefficient (Wildman–Crippen LogP) is 2.19. The summed E-state index contributed by atoms with van der Waals surface area (Å²) in [4.78, 5) is 44.0. The third-order valence-corrected chi connectivity index (χ3v) is 6.65. The van der Waals surface area contributed by atoms with Crippen LogP contribution < -0.4 is 20.3 Å². The molecule has 0 aliphatic carbocycles. The van der Waals surface area contributed by atoms with Crippen molar-refractivity contribution in [2.45, 2.75) is 18.6 Å². The van der Waals surface area contributed by atoms with Crippen molar-refractivity contribution in [2.24, 2.45) is 0 Å². The molecule has 2 aromatic carbocycles. The number of anilines is 2. The molecule has 0 bridgehead atoms. The molecule has 2 heterocycles. The molecule has 12 heteroatoms.